The van der Waals surface area contributed by atoms with Crippen LogP contribution in [0.25, 0.3) is 11.7 Å². The maximum Gasteiger partial charge on any atom is 0.407 e. The smallest absolute Gasteiger partial charge is 0.407 e. The van der Waals surface area contributed by atoms with E-state index in [4.69, 9.17) is 9.47 Å². The number of aromatic nitrogens is 3. The number of methoxy groups -OCH3 is 1. The highest BCUT2D eigenvalue weighted by Crippen LogP contribution is 2.09. The van der Waals surface area contributed by atoms with E-state index in [1.54, 1.807) is 30.1 Å². The summed E-state index contributed by atoms with van der Waals surface area (Å²) in [6.07, 6.45) is 4.71. The van der Waals surface area contributed by atoms with Crippen molar-refractivity contribution in [2.45, 2.75) is 59.3 Å². The fourth-order valence-electron chi connectivity index (χ4n) is 1.61. The molecule has 2 aromatic heterocycles. The zero-order valence-electron chi connectivity index (χ0n) is 16.8. The van der Waals surface area contributed by atoms with Gasteiger partial charge in [0.2, 0.25) is 0 Å². The van der Waals surface area contributed by atoms with Gasteiger partial charge in [0.15, 0.2) is 5.65 Å². The lowest BCUT2D eigenvalue weighted by molar-refractivity contribution is 0.0397. The van der Waals surface area contributed by atoms with Crippen molar-refractivity contribution < 1.29 is 14.3 Å². The number of fused-ring (bicyclic) bond motifs is 1. The zero-order chi connectivity index (χ0) is 20.0. The maximum absolute atomic E-state index is 11.6. The van der Waals surface area contributed by atoms with Gasteiger partial charge in [0.05, 0.1) is 30.2 Å². The fraction of sp³-hybridized carbons (Fsp3) is 0.526. The minimum Gasteiger partial charge on any atom is -0.444 e. The first-order chi connectivity index (χ1) is 11.9. The molecular weight excluding hydrogens is 332 g/mol. The van der Waals surface area contributed by atoms with E-state index in [2.05, 4.69) is 22.0 Å². The van der Waals surface area contributed by atoms with E-state index in [-0.39, 0.29) is 5.60 Å². The monoisotopic (exact) mass is 362 g/mol. The summed E-state index contributed by atoms with van der Waals surface area (Å²) in [5.74, 6) is 0. The van der Waals surface area contributed by atoms with Crippen LogP contribution in [0.1, 0.15) is 52.8 Å². The van der Waals surface area contributed by atoms with Crippen LogP contribution in [0, 0.1) is 0 Å². The highest BCUT2D eigenvalue weighted by molar-refractivity contribution is 5.67. The van der Waals surface area contributed by atoms with E-state index < -0.39 is 11.7 Å². The van der Waals surface area contributed by atoms with E-state index in [0.717, 1.165) is 5.56 Å². The Labute approximate surface area is 155 Å². The summed E-state index contributed by atoms with van der Waals surface area (Å²) in [4.78, 5) is 15.9. The molecule has 0 aliphatic rings. The van der Waals surface area contributed by atoms with Crippen LogP contribution >= 0.6 is 0 Å². The number of hydrogen-bond acceptors (Lipinski definition) is 5. The third-order valence-electron chi connectivity index (χ3n) is 3.05. The number of nitrogens with zero attached hydrogens (tertiary/aromatic N) is 3. The molecule has 0 unspecified atom stereocenters. The Morgan fingerprint density at radius 2 is 1.88 bits per heavy atom. The van der Waals surface area contributed by atoms with Crippen molar-refractivity contribution in [2.24, 2.45) is 0 Å². The molecule has 7 nitrogen and oxygen atoms in total. The Kier molecular flexibility index (Phi) is 7.32. The molecule has 0 spiro atoms. The normalized spacial score (nSPS) is 11.5. The molecule has 0 saturated heterocycles. The molecule has 0 atom stereocenters. The Morgan fingerprint density at radius 3 is 2.38 bits per heavy atom. The average molecular weight is 362 g/mol. The Bertz CT molecular complexity index is 739. The molecule has 144 valence electrons. The molecule has 26 heavy (non-hydrogen) atoms. The third-order valence-corrected chi connectivity index (χ3v) is 3.05. The molecule has 2 heterocycles. The third kappa shape index (κ3) is 8.11. The standard InChI is InChI=1S/C14H18N4O2.C5H12O/c1-5-10-6-12-17-11(9-18(12)16-7-10)8-15-13(19)20-14(2,3)4;1-5(2,3)6-4/h5-7,9H,1,8H2,2-4H3,(H,15,19);1-4H3. The van der Waals surface area contributed by atoms with Crippen LogP contribution in [0.5, 0.6) is 0 Å². The van der Waals surface area contributed by atoms with E-state index in [9.17, 15) is 4.79 Å². The lowest BCUT2D eigenvalue weighted by Gasteiger charge is -2.19. The first-order valence-corrected chi connectivity index (χ1v) is 8.42. The van der Waals surface area contributed by atoms with Crippen molar-refractivity contribution in [1.29, 1.82) is 0 Å². The molecular formula is C19H30N4O3. The number of rotatable bonds is 3. The van der Waals surface area contributed by atoms with Gasteiger partial charge >= 0.3 is 6.09 Å². The van der Waals surface area contributed by atoms with Crippen molar-refractivity contribution in [2.75, 3.05) is 7.11 Å². The molecule has 1 amide bonds. The summed E-state index contributed by atoms with van der Waals surface area (Å²) in [5.41, 5.74) is 1.85. The highest BCUT2D eigenvalue weighted by Gasteiger charge is 2.16. The SMILES string of the molecule is C=Cc1cnn2cc(CNC(=O)OC(C)(C)C)nc2c1.COC(C)(C)C. The van der Waals surface area contributed by atoms with Gasteiger partial charge < -0.3 is 14.8 Å². The van der Waals surface area contributed by atoms with Crippen LogP contribution in [-0.4, -0.2) is 39.0 Å². The topological polar surface area (TPSA) is 77.8 Å². The molecule has 2 aromatic rings. The van der Waals surface area contributed by atoms with Crippen molar-refractivity contribution in [3.63, 3.8) is 0 Å². The molecule has 0 aliphatic carbocycles. The van der Waals surface area contributed by atoms with Gasteiger partial charge in [0.25, 0.3) is 0 Å². The molecule has 7 heteroatoms. The van der Waals surface area contributed by atoms with Gasteiger partial charge in [-0.2, -0.15) is 5.10 Å². The zero-order valence-corrected chi connectivity index (χ0v) is 16.8. The van der Waals surface area contributed by atoms with E-state index in [1.165, 1.54) is 0 Å². The second-order valence-corrected chi connectivity index (χ2v) is 7.70. The van der Waals surface area contributed by atoms with Crippen molar-refractivity contribution in [3.05, 3.63) is 36.3 Å². The number of ether oxygens (including phenoxy) is 2. The highest BCUT2D eigenvalue weighted by atomic mass is 16.6. The van der Waals surface area contributed by atoms with Gasteiger partial charge in [-0.05, 0) is 53.2 Å². The summed E-state index contributed by atoms with van der Waals surface area (Å²) < 4.78 is 11.7. The molecule has 0 aromatic carbocycles. The van der Waals surface area contributed by atoms with Gasteiger partial charge in [-0.1, -0.05) is 12.7 Å². The molecule has 0 radical (unpaired) electrons. The second kappa shape index (κ2) is 8.80. The maximum atomic E-state index is 11.6. The van der Waals surface area contributed by atoms with Crippen LogP contribution in [0.15, 0.2) is 25.0 Å². The Hall–Kier alpha value is -2.41. The van der Waals surface area contributed by atoms with E-state index in [0.29, 0.717) is 17.9 Å². The summed E-state index contributed by atoms with van der Waals surface area (Å²) >= 11 is 0. The summed E-state index contributed by atoms with van der Waals surface area (Å²) in [6, 6.07) is 1.87. The van der Waals surface area contributed by atoms with Crippen molar-refractivity contribution >= 4 is 17.8 Å². The van der Waals surface area contributed by atoms with Crippen LogP contribution in [0.4, 0.5) is 4.79 Å². The molecule has 0 saturated carbocycles. The predicted molar refractivity (Wildman–Crippen MR) is 103 cm³/mol. The van der Waals surface area contributed by atoms with Gasteiger partial charge in [-0.25, -0.2) is 14.3 Å². The number of amides is 1. The molecule has 0 aliphatic heterocycles. The number of hydrogen-bond donors (Lipinski definition) is 1. The van der Waals surface area contributed by atoms with E-state index in [1.807, 2.05) is 47.6 Å². The number of carbonyl (C=O) groups is 1. The molecule has 0 bridgehead atoms. The lowest BCUT2D eigenvalue weighted by atomic mass is 10.2. The summed E-state index contributed by atoms with van der Waals surface area (Å²) in [5, 5.41) is 6.86. The summed E-state index contributed by atoms with van der Waals surface area (Å²) in [6.45, 7) is 15.5. The van der Waals surface area contributed by atoms with Gasteiger partial charge in [0, 0.05) is 7.11 Å². The predicted octanol–water partition coefficient (Wildman–Crippen LogP) is 3.83. The number of imidazole rings is 1. The molecule has 0 fully saturated rings. The minimum atomic E-state index is -0.511. The van der Waals surface area contributed by atoms with Crippen LogP contribution in [0.3, 0.4) is 0 Å². The van der Waals surface area contributed by atoms with Crippen LogP contribution in [0.2, 0.25) is 0 Å². The quantitative estimate of drug-likeness (QED) is 0.898. The largest absolute Gasteiger partial charge is 0.444 e. The number of carbonyl (C=O) groups excluding carboxylic acids is 1. The minimum absolute atomic E-state index is 0.0417. The first kappa shape index (κ1) is 21.6. The fourth-order valence-corrected chi connectivity index (χ4v) is 1.61. The van der Waals surface area contributed by atoms with Gasteiger partial charge in [-0.3, -0.25) is 0 Å². The molecule has 1 N–H and O–H groups in total. The Balaban J connectivity index is 0.000000487. The lowest BCUT2D eigenvalue weighted by Crippen LogP contribution is -2.32. The second-order valence-electron chi connectivity index (χ2n) is 7.70. The van der Waals surface area contributed by atoms with Gasteiger partial charge in [-0.15, -0.1) is 0 Å². The van der Waals surface area contributed by atoms with Crippen molar-refractivity contribution in [1.82, 2.24) is 19.9 Å². The average Bonchev–Trinajstić information content (AvgIpc) is 2.93. The molecule has 2 rings (SSSR count). The number of alkyl carbamates (subject to hydrolysis) is 1. The van der Waals surface area contributed by atoms with Crippen LogP contribution in [-0.2, 0) is 16.0 Å². The van der Waals surface area contributed by atoms with E-state index >= 15 is 0 Å². The summed E-state index contributed by atoms with van der Waals surface area (Å²) in [7, 11) is 1.71. The van der Waals surface area contributed by atoms with Gasteiger partial charge in [0.1, 0.15) is 5.60 Å². The first-order valence-electron chi connectivity index (χ1n) is 8.42. The van der Waals surface area contributed by atoms with Crippen LogP contribution < -0.4 is 5.32 Å². The van der Waals surface area contributed by atoms with Crippen molar-refractivity contribution in [3.8, 4) is 0 Å². The Morgan fingerprint density at radius 1 is 1.27 bits per heavy atom. The number of nitrogens with one attached hydrogen (secondary N) is 1.